The van der Waals surface area contributed by atoms with Crippen molar-refractivity contribution >= 4 is 21.9 Å². The molecule has 0 saturated carbocycles. The normalized spacial score (nSPS) is 19.4. The van der Waals surface area contributed by atoms with E-state index in [1.807, 2.05) is 13.8 Å². The number of hydrogen-bond acceptors (Lipinski definition) is 7. The number of carbonyl (C=O) groups excluding carboxylic acids is 2. The first-order valence-corrected chi connectivity index (χ1v) is 12.2. The molecule has 0 aliphatic carbocycles. The van der Waals surface area contributed by atoms with Crippen LogP contribution in [0.15, 0.2) is 23.1 Å². The average Bonchev–Trinajstić information content (AvgIpc) is 2.75. The molecule has 0 aromatic heterocycles. The van der Waals surface area contributed by atoms with Crippen molar-refractivity contribution in [1.29, 1.82) is 0 Å². The van der Waals surface area contributed by atoms with Crippen LogP contribution in [0.25, 0.3) is 0 Å². The van der Waals surface area contributed by atoms with Crippen molar-refractivity contribution in [3.8, 4) is 5.75 Å². The van der Waals surface area contributed by atoms with Gasteiger partial charge < -0.3 is 19.1 Å². The van der Waals surface area contributed by atoms with E-state index in [0.29, 0.717) is 13.1 Å². The number of rotatable bonds is 10. The third kappa shape index (κ3) is 6.43. The van der Waals surface area contributed by atoms with E-state index in [0.717, 1.165) is 6.42 Å². The van der Waals surface area contributed by atoms with Gasteiger partial charge in [-0.1, -0.05) is 13.8 Å². The maximum atomic E-state index is 13.5. The zero-order chi connectivity index (χ0) is 23.9. The molecule has 2 rings (SSSR count). The van der Waals surface area contributed by atoms with E-state index in [-0.39, 0.29) is 54.3 Å². The molecule has 1 fully saturated rings. The minimum Gasteiger partial charge on any atom is -0.495 e. The molecule has 1 heterocycles. The Bertz CT molecular complexity index is 894. The summed E-state index contributed by atoms with van der Waals surface area (Å²) in [7, 11) is -0.996. The van der Waals surface area contributed by atoms with Crippen molar-refractivity contribution in [3.63, 3.8) is 0 Å². The summed E-state index contributed by atoms with van der Waals surface area (Å²) in [4.78, 5) is 26.4. The molecule has 0 bridgehead atoms. The molecular formula is C22H34N2O7S. The van der Waals surface area contributed by atoms with Gasteiger partial charge in [0.15, 0.2) is 0 Å². The second-order valence-electron chi connectivity index (χ2n) is 8.16. The fourth-order valence-electron chi connectivity index (χ4n) is 3.95. The lowest BCUT2D eigenvalue weighted by atomic mass is 9.94. The summed E-state index contributed by atoms with van der Waals surface area (Å²) in [6.45, 7) is 6.88. The van der Waals surface area contributed by atoms with Crippen LogP contribution in [-0.2, 0) is 24.3 Å². The monoisotopic (exact) mass is 470 g/mol. The molecule has 180 valence electrons. The van der Waals surface area contributed by atoms with Gasteiger partial charge in [0.2, 0.25) is 10.0 Å². The third-order valence-corrected chi connectivity index (χ3v) is 7.19. The third-order valence-electron chi connectivity index (χ3n) is 5.34. The summed E-state index contributed by atoms with van der Waals surface area (Å²) in [6, 6.07) is 4.29. The van der Waals surface area contributed by atoms with Gasteiger partial charge in [-0.25, -0.2) is 8.42 Å². The minimum atomic E-state index is -3.88. The Hall–Kier alpha value is -2.17. The summed E-state index contributed by atoms with van der Waals surface area (Å²) < 4.78 is 43.7. The highest BCUT2D eigenvalue weighted by molar-refractivity contribution is 7.89. The zero-order valence-corrected chi connectivity index (χ0v) is 20.3. The number of nitrogens with zero attached hydrogens (tertiary/aromatic N) is 2. The first kappa shape index (κ1) is 26.1. The highest BCUT2D eigenvalue weighted by Crippen LogP contribution is 2.32. The maximum absolute atomic E-state index is 13.5. The number of sulfonamides is 1. The minimum absolute atomic E-state index is 0.0602. The molecule has 0 N–H and O–H groups in total. The number of esters is 1. The molecule has 1 amide bonds. The Morgan fingerprint density at radius 2 is 1.81 bits per heavy atom. The summed E-state index contributed by atoms with van der Waals surface area (Å²) in [5, 5.41) is 0. The van der Waals surface area contributed by atoms with Gasteiger partial charge >= 0.3 is 5.97 Å². The Kier molecular flexibility index (Phi) is 9.47. The van der Waals surface area contributed by atoms with Gasteiger partial charge in [0.05, 0.1) is 20.3 Å². The molecule has 0 radical (unpaired) electrons. The molecular weight excluding hydrogens is 436 g/mol. The SMILES string of the molecule is CCOC(=O)CN(CCOC)C(=O)c1ccc(OC)c(S(=O)(=O)N2CC(C)CC(C)C2)c1. The molecule has 1 aliphatic rings. The van der Waals surface area contributed by atoms with Gasteiger partial charge in [-0.15, -0.1) is 0 Å². The number of ether oxygens (including phenoxy) is 3. The summed E-state index contributed by atoms with van der Waals surface area (Å²) in [5.74, 6) is -0.401. The summed E-state index contributed by atoms with van der Waals surface area (Å²) in [6.07, 6.45) is 0.962. The van der Waals surface area contributed by atoms with E-state index in [1.54, 1.807) is 6.92 Å². The van der Waals surface area contributed by atoms with Crippen molar-refractivity contribution in [2.24, 2.45) is 11.8 Å². The highest BCUT2D eigenvalue weighted by Gasteiger charge is 2.34. The van der Waals surface area contributed by atoms with Gasteiger partial charge in [0.25, 0.3) is 5.91 Å². The molecule has 1 saturated heterocycles. The Balaban J connectivity index is 2.40. The van der Waals surface area contributed by atoms with Crippen LogP contribution in [0.4, 0.5) is 0 Å². The van der Waals surface area contributed by atoms with E-state index in [2.05, 4.69) is 0 Å². The molecule has 2 unspecified atom stereocenters. The van der Waals surface area contributed by atoms with Crippen molar-refractivity contribution in [1.82, 2.24) is 9.21 Å². The molecule has 9 nitrogen and oxygen atoms in total. The number of methoxy groups -OCH3 is 2. The van der Waals surface area contributed by atoms with Crippen molar-refractivity contribution in [3.05, 3.63) is 23.8 Å². The topological polar surface area (TPSA) is 102 Å². The van der Waals surface area contributed by atoms with Crippen LogP contribution < -0.4 is 4.74 Å². The van der Waals surface area contributed by atoms with Crippen LogP contribution in [0.3, 0.4) is 0 Å². The van der Waals surface area contributed by atoms with E-state index < -0.39 is 21.9 Å². The Morgan fingerprint density at radius 3 is 2.38 bits per heavy atom. The second-order valence-corrected chi connectivity index (χ2v) is 10.1. The summed E-state index contributed by atoms with van der Waals surface area (Å²) >= 11 is 0. The van der Waals surface area contributed by atoms with Crippen LogP contribution in [0.2, 0.25) is 0 Å². The lowest BCUT2D eigenvalue weighted by Gasteiger charge is -2.34. The van der Waals surface area contributed by atoms with Crippen LogP contribution >= 0.6 is 0 Å². The molecule has 1 aromatic rings. The van der Waals surface area contributed by atoms with Crippen molar-refractivity contribution in [2.45, 2.75) is 32.1 Å². The number of hydrogen-bond donors (Lipinski definition) is 0. The number of benzene rings is 1. The first-order chi connectivity index (χ1) is 15.1. The fourth-order valence-corrected chi connectivity index (χ4v) is 5.81. The van der Waals surface area contributed by atoms with E-state index >= 15 is 0 Å². The van der Waals surface area contributed by atoms with Crippen molar-refractivity contribution < 1.29 is 32.2 Å². The van der Waals surface area contributed by atoms with Gasteiger partial charge in [-0.05, 0) is 43.4 Å². The lowest BCUT2D eigenvalue weighted by Crippen LogP contribution is -2.42. The van der Waals surface area contributed by atoms with E-state index in [1.165, 1.54) is 41.6 Å². The number of piperidine rings is 1. The molecule has 32 heavy (non-hydrogen) atoms. The second kappa shape index (κ2) is 11.6. The van der Waals surface area contributed by atoms with Crippen LogP contribution in [0, 0.1) is 11.8 Å². The van der Waals surface area contributed by atoms with E-state index in [4.69, 9.17) is 14.2 Å². The molecule has 1 aromatic carbocycles. The highest BCUT2D eigenvalue weighted by atomic mass is 32.2. The van der Waals surface area contributed by atoms with Gasteiger partial charge in [-0.2, -0.15) is 4.31 Å². The molecule has 10 heteroatoms. The standard InChI is InChI=1S/C22H34N2O7S/c1-6-31-21(25)15-23(9-10-29-4)22(26)18-7-8-19(30-5)20(12-18)32(27,28)24-13-16(2)11-17(3)14-24/h7-8,12,16-17H,6,9-11,13-15H2,1-5H3. The number of amides is 1. The predicted molar refractivity (Wildman–Crippen MR) is 119 cm³/mol. The maximum Gasteiger partial charge on any atom is 0.325 e. The summed E-state index contributed by atoms with van der Waals surface area (Å²) in [5.41, 5.74) is 0.142. The smallest absolute Gasteiger partial charge is 0.325 e. The quantitative estimate of drug-likeness (QED) is 0.482. The van der Waals surface area contributed by atoms with Crippen LogP contribution in [-0.4, -0.2) is 83.1 Å². The molecule has 0 spiro atoms. The largest absolute Gasteiger partial charge is 0.495 e. The van der Waals surface area contributed by atoms with Gasteiger partial charge in [0.1, 0.15) is 17.2 Å². The van der Waals surface area contributed by atoms with Crippen LogP contribution in [0.5, 0.6) is 5.75 Å². The van der Waals surface area contributed by atoms with E-state index in [9.17, 15) is 18.0 Å². The molecule has 1 aliphatic heterocycles. The lowest BCUT2D eigenvalue weighted by molar-refractivity contribution is -0.143. The Morgan fingerprint density at radius 1 is 1.16 bits per heavy atom. The van der Waals surface area contributed by atoms with Gasteiger partial charge in [0, 0.05) is 32.3 Å². The Labute approximate surface area is 190 Å². The van der Waals surface area contributed by atoms with Crippen molar-refractivity contribution in [2.75, 3.05) is 53.6 Å². The number of carbonyl (C=O) groups is 2. The molecule has 2 atom stereocenters. The fraction of sp³-hybridized carbons (Fsp3) is 0.636. The first-order valence-electron chi connectivity index (χ1n) is 10.8. The van der Waals surface area contributed by atoms with Crippen LogP contribution in [0.1, 0.15) is 37.6 Å². The predicted octanol–water partition coefficient (Wildman–Crippen LogP) is 2.01. The zero-order valence-electron chi connectivity index (χ0n) is 19.5. The average molecular weight is 471 g/mol. The van der Waals surface area contributed by atoms with Gasteiger partial charge in [-0.3, -0.25) is 9.59 Å².